The van der Waals surface area contributed by atoms with Gasteiger partial charge in [-0.25, -0.2) is 9.78 Å². The number of aromatic nitrogens is 1. The van der Waals surface area contributed by atoms with Crippen molar-refractivity contribution in [2.75, 3.05) is 17.9 Å². The molecule has 2 heterocycles. The number of rotatable bonds is 4. The van der Waals surface area contributed by atoms with Crippen LogP contribution < -0.4 is 20.1 Å². The van der Waals surface area contributed by atoms with Crippen LogP contribution in [0, 0.1) is 11.3 Å². The van der Waals surface area contributed by atoms with E-state index in [0.29, 0.717) is 27.8 Å². The predicted molar refractivity (Wildman–Crippen MR) is 89.4 cm³/mol. The van der Waals surface area contributed by atoms with Crippen LogP contribution in [0.4, 0.5) is 10.5 Å². The third kappa shape index (κ3) is 4.19. The average molecular weight is 356 g/mol. The van der Waals surface area contributed by atoms with Crippen LogP contribution in [-0.4, -0.2) is 29.5 Å². The maximum atomic E-state index is 11.9. The number of benzene rings is 1. The van der Waals surface area contributed by atoms with Crippen molar-refractivity contribution in [1.29, 1.82) is 5.26 Å². The van der Waals surface area contributed by atoms with E-state index >= 15 is 0 Å². The Labute approximate surface area is 147 Å². The van der Waals surface area contributed by atoms with Gasteiger partial charge >= 0.3 is 6.03 Å². The van der Waals surface area contributed by atoms with E-state index in [1.54, 1.807) is 30.3 Å². The van der Waals surface area contributed by atoms with Crippen LogP contribution >= 0.6 is 11.8 Å². The lowest BCUT2D eigenvalue weighted by Gasteiger charge is -2.07. The lowest BCUT2D eigenvalue weighted by Crippen LogP contribution is -2.35. The normalized spacial score (nSPS) is 11.5. The van der Waals surface area contributed by atoms with E-state index < -0.39 is 11.9 Å². The second kappa shape index (κ2) is 7.55. The van der Waals surface area contributed by atoms with Gasteiger partial charge in [-0.05, 0) is 24.3 Å². The van der Waals surface area contributed by atoms with E-state index in [0.717, 1.165) is 11.8 Å². The van der Waals surface area contributed by atoms with Gasteiger partial charge in [0.1, 0.15) is 11.1 Å². The Morgan fingerprint density at radius 1 is 1.28 bits per heavy atom. The zero-order chi connectivity index (χ0) is 17.6. The van der Waals surface area contributed by atoms with Crippen LogP contribution in [0.2, 0.25) is 0 Å². The van der Waals surface area contributed by atoms with Gasteiger partial charge in [0.15, 0.2) is 11.5 Å². The molecule has 0 atom stereocenters. The summed E-state index contributed by atoms with van der Waals surface area (Å²) < 4.78 is 10.4. The van der Waals surface area contributed by atoms with Crippen LogP contribution in [-0.2, 0) is 4.79 Å². The third-order valence-corrected chi connectivity index (χ3v) is 4.12. The summed E-state index contributed by atoms with van der Waals surface area (Å²) in [6.45, 7) is 0.138. The molecule has 2 aromatic rings. The molecule has 126 valence electrons. The smallest absolute Gasteiger partial charge is 0.325 e. The van der Waals surface area contributed by atoms with Crippen molar-refractivity contribution >= 4 is 29.4 Å². The Kier molecular flexibility index (Phi) is 5.01. The molecule has 1 aromatic heterocycles. The molecule has 2 N–H and O–H groups in total. The van der Waals surface area contributed by atoms with E-state index in [4.69, 9.17) is 14.7 Å². The molecule has 0 spiro atoms. The molecule has 1 aliphatic heterocycles. The van der Waals surface area contributed by atoms with Gasteiger partial charge in [-0.15, -0.1) is 0 Å². The molecule has 3 rings (SSSR count). The van der Waals surface area contributed by atoms with Gasteiger partial charge in [0.2, 0.25) is 12.7 Å². The largest absolute Gasteiger partial charge is 0.454 e. The molecule has 1 aliphatic rings. The number of nitrogens with one attached hydrogen (secondary N) is 2. The number of fused-ring (bicyclic) bond motifs is 1. The first-order valence-corrected chi connectivity index (χ1v) is 8.12. The van der Waals surface area contributed by atoms with Crippen LogP contribution in [0.5, 0.6) is 11.5 Å². The van der Waals surface area contributed by atoms with Gasteiger partial charge in [-0.2, -0.15) is 5.26 Å². The number of hydrogen-bond donors (Lipinski definition) is 2. The van der Waals surface area contributed by atoms with Gasteiger partial charge in [0.25, 0.3) is 0 Å². The van der Waals surface area contributed by atoms with E-state index in [9.17, 15) is 9.59 Å². The molecule has 0 radical (unpaired) electrons. The lowest BCUT2D eigenvalue weighted by molar-refractivity contribution is -0.117. The fourth-order valence-electron chi connectivity index (χ4n) is 2.02. The van der Waals surface area contributed by atoms with E-state index in [2.05, 4.69) is 15.6 Å². The standard InChI is InChI=1S/C16H12N4O4S/c17-7-10-2-1-5-18-15(10)25-8-14(21)20-16(22)19-11-3-4-12-13(6-11)24-9-23-12/h1-6H,8-9H2,(H2,19,20,21,22). The highest BCUT2D eigenvalue weighted by Gasteiger charge is 2.15. The molecule has 25 heavy (non-hydrogen) atoms. The van der Waals surface area contributed by atoms with Gasteiger partial charge in [0, 0.05) is 18.0 Å². The first-order chi connectivity index (χ1) is 12.2. The molecule has 0 aliphatic carbocycles. The number of carbonyl (C=O) groups is 2. The topological polar surface area (TPSA) is 113 Å². The zero-order valence-electron chi connectivity index (χ0n) is 12.8. The number of hydrogen-bond acceptors (Lipinski definition) is 7. The Morgan fingerprint density at radius 3 is 2.96 bits per heavy atom. The van der Waals surface area contributed by atoms with Crippen molar-refractivity contribution in [3.63, 3.8) is 0 Å². The SMILES string of the molecule is N#Cc1cccnc1SCC(=O)NC(=O)Nc1ccc2c(c1)OCO2. The highest BCUT2D eigenvalue weighted by atomic mass is 32.2. The quantitative estimate of drug-likeness (QED) is 0.807. The molecule has 0 fully saturated rings. The molecule has 0 unspecified atom stereocenters. The van der Waals surface area contributed by atoms with Crippen molar-refractivity contribution in [3.05, 3.63) is 42.1 Å². The number of carbonyl (C=O) groups excluding carboxylic acids is 2. The number of nitrogens with zero attached hydrogens (tertiary/aromatic N) is 2. The highest BCUT2D eigenvalue weighted by molar-refractivity contribution is 8.00. The van der Waals surface area contributed by atoms with Crippen LogP contribution in [0.25, 0.3) is 0 Å². The first kappa shape index (κ1) is 16.6. The minimum absolute atomic E-state index is 0.0414. The molecule has 0 saturated carbocycles. The minimum atomic E-state index is -0.661. The van der Waals surface area contributed by atoms with Crippen molar-refractivity contribution in [2.24, 2.45) is 0 Å². The summed E-state index contributed by atoms with van der Waals surface area (Å²) in [6, 6.07) is 9.50. The number of urea groups is 1. The van der Waals surface area contributed by atoms with Crippen molar-refractivity contribution < 1.29 is 19.1 Å². The Hall–Kier alpha value is -3.25. The summed E-state index contributed by atoms with van der Waals surface area (Å²) in [5, 5.41) is 14.2. The van der Waals surface area contributed by atoms with Crippen LogP contribution in [0.15, 0.2) is 41.6 Å². The Bertz CT molecular complexity index is 865. The number of thioether (sulfide) groups is 1. The predicted octanol–water partition coefficient (Wildman–Crippen LogP) is 2.12. The van der Waals surface area contributed by atoms with E-state index in [1.165, 1.54) is 6.20 Å². The maximum Gasteiger partial charge on any atom is 0.325 e. The second-order valence-corrected chi connectivity index (χ2v) is 5.79. The van der Waals surface area contributed by atoms with E-state index in [-0.39, 0.29) is 12.5 Å². The first-order valence-electron chi connectivity index (χ1n) is 7.14. The minimum Gasteiger partial charge on any atom is -0.454 e. The van der Waals surface area contributed by atoms with Crippen LogP contribution in [0.1, 0.15) is 5.56 Å². The Morgan fingerprint density at radius 2 is 2.12 bits per heavy atom. The fourth-order valence-corrected chi connectivity index (χ4v) is 2.77. The van der Waals surface area contributed by atoms with Gasteiger partial charge in [-0.3, -0.25) is 10.1 Å². The number of anilines is 1. The molecule has 8 nitrogen and oxygen atoms in total. The highest BCUT2D eigenvalue weighted by Crippen LogP contribution is 2.34. The number of pyridine rings is 1. The maximum absolute atomic E-state index is 11.9. The van der Waals surface area contributed by atoms with Gasteiger partial charge in [-0.1, -0.05) is 11.8 Å². The number of amides is 3. The number of imide groups is 1. The molecule has 3 amide bonds. The summed E-state index contributed by atoms with van der Waals surface area (Å²) in [5.41, 5.74) is 0.851. The summed E-state index contributed by atoms with van der Waals surface area (Å²) >= 11 is 1.08. The summed E-state index contributed by atoms with van der Waals surface area (Å²) in [5.74, 6) is 0.582. The summed E-state index contributed by atoms with van der Waals surface area (Å²) in [4.78, 5) is 27.8. The molecular formula is C16H12N4O4S. The molecular weight excluding hydrogens is 344 g/mol. The molecule has 9 heteroatoms. The monoisotopic (exact) mass is 356 g/mol. The average Bonchev–Trinajstić information content (AvgIpc) is 3.07. The number of nitriles is 1. The van der Waals surface area contributed by atoms with Crippen molar-refractivity contribution in [1.82, 2.24) is 10.3 Å². The second-order valence-electron chi connectivity index (χ2n) is 4.83. The van der Waals surface area contributed by atoms with E-state index in [1.807, 2.05) is 6.07 Å². The van der Waals surface area contributed by atoms with Gasteiger partial charge in [0.05, 0.1) is 11.3 Å². The van der Waals surface area contributed by atoms with Crippen molar-refractivity contribution in [2.45, 2.75) is 5.03 Å². The summed E-state index contributed by atoms with van der Waals surface area (Å²) in [6.07, 6.45) is 1.54. The Balaban J connectivity index is 1.51. The number of ether oxygens (including phenoxy) is 2. The molecule has 0 bridgehead atoms. The summed E-state index contributed by atoms with van der Waals surface area (Å²) in [7, 11) is 0. The molecule has 1 aromatic carbocycles. The molecule has 0 saturated heterocycles. The van der Waals surface area contributed by atoms with Gasteiger partial charge < -0.3 is 14.8 Å². The van der Waals surface area contributed by atoms with Crippen molar-refractivity contribution in [3.8, 4) is 17.6 Å². The zero-order valence-corrected chi connectivity index (χ0v) is 13.6. The third-order valence-electron chi connectivity index (χ3n) is 3.11. The van der Waals surface area contributed by atoms with Crippen LogP contribution in [0.3, 0.4) is 0 Å². The fraction of sp³-hybridized carbons (Fsp3) is 0.125. The lowest BCUT2D eigenvalue weighted by atomic mass is 10.3.